The van der Waals surface area contributed by atoms with Gasteiger partial charge in [-0.25, -0.2) is 21.6 Å². The average Bonchev–Trinajstić information content (AvgIpc) is 3.58. The van der Waals surface area contributed by atoms with Gasteiger partial charge in [-0.05, 0) is 73.5 Å². The summed E-state index contributed by atoms with van der Waals surface area (Å²) >= 11 is 0. The highest BCUT2D eigenvalue weighted by Crippen LogP contribution is 2.43. The highest BCUT2D eigenvalue weighted by molar-refractivity contribution is 7.92. The molecule has 10 heteroatoms. The number of hydrogen-bond acceptors (Lipinski definition) is 6. The van der Waals surface area contributed by atoms with E-state index in [0.29, 0.717) is 11.1 Å². The number of aromatic carboxylic acids is 1. The lowest BCUT2D eigenvalue weighted by molar-refractivity contribution is 0.0696. The molecule has 32 heavy (non-hydrogen) atoms. The lowest BCUT2D eigenvalue weighted by atomic mass is 9.96. The quantitative estimate of drug-likeness (QED) is 0.557. The van der Waals surface area contributed by atoms with Gasteiger partial charge in [0.05, 0.1) is 21.0 Å². The van der Waals surface area contributed by atoms with Crippen molar-refractivity contribution in [3.63, 3.8) is 0 Å². The van der Waals surface area contributed by atoms with Crippen LogP contribution in [-0.4, -0.2) is 40.7 Å². The first kappa shape index (κ1) is 22.8. The van der Waals surface area contributed by atoms with Crippen molar-refractivity contribution in [1.29, 1.82) is 0 Å². The van der Waals surface area contributed by atoms with Crippen LogP contribution in [0.5, 0.6) is 0 Å². The Hall–Kier alpha value is -2.43. The molecule has 1 aliphatic carbocycles. The van der Waals surface area contributed by atoms with Crippen LogP contribution in [0.3, 0.4) is 0 Å². The molecule has 1 heterocycles. The highest BCUT2D eigenvalue weighted by atomic mass is 32.2. The van der Waals surface area contributed by atoms with Gasteiger partial charge in [-0.1, -0.05) is 18.6 Å². The maximum atomic E-state index is 13.5. The fourth-order valence-electron chi connectivity index (χ4n) is 4.11. The van der Waals surface area contributed by atoms with Crippen LogP contribution in [-0.2, 0) is 19.9 Å². The summed E-state index contributed by atoms with van der Waals surface area (Å²) < 4.78 is 53.7. The van der Waals surface area contributed by atoms with Gasteiger partial charge in [-0.15, -0.1) is 0 Å². The molecule has 1 saturated carbocycles. The second kappa shape index (κ2) is 8.49. The Balaban J connectivity index is 1.80. The molecule has 1 unspecified atom stereocenters. The normalized spacial score (nSPS) is 19.5. The van der Waals surface area contributed by atoms with Crippen LogP contribution in [0.1, 0.15) is 65.5 Å². The first-order chi connectivity index (χ1) is 15.1. The van der Waals surface area contributed by atoms with Crippen molar-refractivity contribution in [1.82, 2.24) is 5.32 Å². The molecular formula is C22H26N2O6S2. The number of benzene rings is 2. The maximum absolute atomic E-state index is 13.5. The topological polar surface area (TPSA) is 130 Å². The summed E-state index contributed by atoms with van der Waals surface area (Å²) in [7, 11) is -7.72. The summed E-state index contributed by atoms with van der Waals surface area (Å²) in [4.78, 5) is 11.4. The molecule has 2 aromatic carbocycles. The van der Waals surface area contributed by atoms with Gasteiger partial charge in [-0.2, -0.15) is 0 Å². The van der Waals surface area contributed by atoms with Crippen molar-refractivity contribution in [2.45, 2.75) is 53.9 Å². The first-order valence-electron chi connectivity index (χ1n) is 10.5. The standard InChI is InChI=1S/C22H26N2O6S2/c1-31(27,28)16-8-10-18(19-4-2-3-11-23-19)20(13-16)24-32(29,30)21-12-15(22(25)26)7-9-17(21)14-5-6-14/h7-10,12-14,19,23-24H,2-6,11H2,1H3,(H,25,26). The van der Waals surface area contributed by atoms with Crippen LogP contribution < -0.4 is 10.0 Å². The summed E-state index contributed by atoms with van der Waals surface area (Å²) in [6, 6.07) is 8.52. The third-order valence-corrected chi connectivity index (χ3v) is 8.48. The van der Waals surface area contributed by atoms with Crippen molar-refractivity contribution in [2.24, 2.45) is 0 Å². The summed E-state index contributed by atoms with van der Waals surface area (Å²) in [5.41, 5.74) is 1.32. The minimum Gasteiger partial charge on any atom is -0.478 e. The number of piperidine rings is 1. The third-order valence-electron chi connectivity index (χ3n) is 5.95. The van der Waals surface area contributed by atoms with E-state index < -0.39 is 25.8 Å². The molecule has 2 aliphatic rings. The van der Waals surface area contributed by atoms with Crippen LogP contribution in [0.25, 0.3) is 0 Å². The number of anilines is 1. The lowest BCUT2D eigenvalue weighted by Crippen LogP contribution is -2.28. The molecule has 8 nitrogen and oxygen atoms in total. The van der Waals surface area contributed by atoms with Gasteiger partial charge >= 0.3 is 5.97 Å². The molecule has 2 aromatic rings. The van der Waals surface area contributed by atoms with Crippen molar-refractivity contribution in [2.75, 3.05) is 17.5 Å². The number of rotatable bonds is 7. The molecule has 1 aliphatic heterocycles. The molecule has 172 valence electrons. The molecule has 0 spiro atoms. The molecular weight excluding hydrogens is 452 g/mol. The van der Waals surface area contributed by atoms with E-state index >= 15 is 0 Å². The van der Waals surface area contributed by atoms with E-state index in [1.165, 1.54) is 24.3 Å². The number of carboxylic acids is 1. The number of carboxylic acid groups (broad SMARTS) is 1. The highest BCUT2D eigenvalue weighted by Gasteiger charge is 2.32. The van der Waals surface area contributed by atoms with Gasteiger partial charge in [0.1, 0.15) is 0 Å². The second-order valence-electron chi connectivity index (χ2n) is 8.46. The zero-order valence-electron chi connectivity index (χ0n) is 17.7. The van der Waals surface area contributed by atoms with Gasteiger partial charge < -0.3 is 10.4 Å². The largest absolute Gasteiger partial charge is 0.478 e. The fraction of sp³-hybridized carbons (Fsp3) is 0.409. The Morgan fingerprint density at radius 2 is 1.72 bits per heavy atom. The van der Waals surface area contributed by atoms with E-state index in [2.05, 4.69) is 10.0 Å². The first-order valence-corrected chi connectivity index (χ1v) is 13.9. The molecule has 0 amide bonds. The predicted molar refractivity (Wildman–Crippen MR) is 120 cm³/mol. The van der Waals surface area contributed by atoms with E-state index in [0.717, 1.165) is 44.9 Å². The Bertz CT molecular complexity index is 1260. The minimum atomic E-state index is -4.16. The van der Waals surface area contributed by atoms with Gasteiger partial charge in [0, 0.05) is 12.3 Å². The van der Waals surface area contributed by atoms with Gasteiger partial charge in [0.25, 0.3) is 10.0 Å². The van der Waals surface area contributed by atoms with Crippen LogP contribution in [0.2, 0.25) is 0 Å². The summed E-state index contributed by atoms with van der Waals surface area (Å²) in [5.74, 6) is -1.14. The Kier molecular flexibility index (Phi) is 6.04. The molecule has 3 N–H and O–H groups in total. The van der Waals surface area contributed by atoms with E-state index in [1.807, 2.05) is 0 Å². The SMILES string of the molecule is CS(=O)(=O)c1ccc(C2CCCCN2)c(NS(=O)(=O)c2cc(C(=O)O)ccc2C2CC2)c1. The summed E-state index contributed by atoms with van der Waals surface area (Å²) in [6.07, 6.45) is 5.55. The maximum Gasteiger partial charge on any atom is 0.335 e. The van der Waals surface area contributed by atoms with E-state index in [1.54, 1.807) is 12.1 Å². The van der Waals surface area contributed by atoms with Crippen LogP contribution in [0, 0.1) is 0 Å². The smallest absolute Gasteiger partial charge is 0.335 e. The molecule has 0 bridgehead atoms. The minimum absolute atomic E-state index is 0.0106. The van der Waals surface area contributed by atoms with Gasteiger partial charge in [0.15, 0.2) is 9.84 Å². The third kappa shape index (κ3) is 4.82. The van der Waals surface area contributed by atoms with Crippen LogP contribution in [0.15, 0.2) is 46.2 Å². The molecule has 4 rings (SSSR count). The molecule has 0 radical (unpaired) electrons. The van der Waals surface area contributed by atoms with Crippen LogP contribution >= 0.6 is 0 Å². The number of hydrogen-bond donors (Lipinski definition) is 3. The number of carbonyl (C=O) groups is 1. The van der Waals surface area contributed by atoms with Crippen LogP contribution in [0.4, 0.5) is 5.69 Å². The van der Waals surface area contributed by atoms with Crippen molar-refractivity contribution in [3.05, 3.63) is 53.1 Å². The Labute approximate surface area is 188 Å². The molecule has 2 fully saturated rings. The zero-order valence-corrected chi connectivity index (χ0v) is 19.3. The predicted octanol–water partition coefficient (Wildman–Crippen LogP) is 3.28. The number of sulfone groups is 1. The molecule has 1 saturated heterocycles. The number of sulfonamides is 1. The number of nitrogens with one attached hydrogen (secondary N) is 2. The Morgan fingerprint density at radius 3 is 2.31 bits per heavy atom. The second-order valence-corrected chi connectivity index (χ2v) is 12.1. The fourth-order valence-corrected chi connectivity index (χ4v) is 6.16. The van der Waals surface area contributed by atoms with Crippen molar-refractivity contribution >= 4 is 31.5 Å². The van der Waals surface area contributed by atoms with E-state index in [9.17, 15) is 26.7 Å². The Morgan fingerprint density at radius 1 is 1.00 bits per heavy atom. The lowest BCUT2D eigenvalue weighted by Gasteiger charge is -2.26. The average molecular weight is 479 g/mol. The molecule has 0 aromatic heterocycles. The van der Waals surface area contributed by atoms with Crippen molar-refractivity contribution in [3.8, 4) is 0 Å². The molecule has 1 atom stereocenters. The van der Waals surface area contributed by atoms with Gasteiger partial charge in [-0.3, -0.25) is 4.72 Å². The summed E-state index contributed by atoms with van der Waals surface area (Å²) in [6.45, 7) is 0.789. The van der Waals surface area contributed by atoms with E-state index in [-0.39, 0.29) is 33.0 Å². The van der Waals surface area contributed by atoms with E-state index in [4.69, 9.17) is 0 Å². The monoisotopic (exact) mass is 478 g/mol. The van der Waals surface area contributed by atoms with Gasteiger partial charge in [0.2, 0.25) is 0 Å². The van der Waals surface area contributed by atoms with Crippen molar-refractivity contribution < 1.29 is 26.7 Å². The summed E-state index contributed by atoms with van der Waals surface area (Å²) in [5, 5.41) is 12.7. The zero-order chi connectivity index (χ0) is 23.1.